The quantitative estimate of drug-likeness (QED) is 0.517. The van der Waals surface area contributed by atoms with Crippen molar-refractivity contribution in [2.45, 2.75) is 27.3 Å². The number of nitrogens with two attached hydrogens (primary N) is 1. The molecule has 0 aliphatic heterocycles. The van der Waals surface area contributed by atoms with Crippen LogP contribution in [0.5, 0.6) is 0 Å². The first-order valence-corrected chi connectivity index (χ1v) is 7.52. The summed E-state index contributed by atoms with van der Waals surface area (Å²) in [6, 6.07) is 19.5. The largest absolute Gasteiger partial charge is 0.324 e. The van der Waals surface area contributed by atoms with Gasteiger partial charge in [-0.25, -0.2) is 5.43 Å². The Bertz CT molecular complexity index is 565. The van der Waals surface area contributed by atoms with Crippen LogP contribution in [0.3, 0.4) is 0 Å². The second-order valence-electron chi connectivity index (χ2n) is 6.05. The molecule has 2 rings (SSSR count). The number of anilines is 1. The number of nitrogens with one attached hydrogen (secondary N) is 3. The topological polar surface area (TPSA) is 79.2 Å². The van der Waals surface area contributed by atoms with Crippen molar-refractivity contribution in [2.24, 2.45) is 11.3 Å². The van der Waals surface area contributed by atoms with E-state index < -0.39 is 0 Å². The van der Waals surface area contributed by atoms with Gasteiger partial charge >= 0.3 is 0 Å². The lowest BCUT2D eigenvalue weighted by molar-refractivity contribution is -0.129. The number of hydrogen-bond acceptors (Lipinski definition) is 4. The van der Waals surface area contributed by atoms with Crippen LogP contribution in [0.1, 0.15) is 26.3 Å². The number of hydrazine groups is 2. The monoisotopic (exact) mass is 314 g/mol. The van der Waals surface area contributed by atoms with Gasteiger partial charge in [0.05, 0.1) is 0 Å². The van der Waals surface area contributed by atoms with E-state index in [4.69, 9.17) is 5.84 Å². The Balaban J connectivity index is 0.000000277. The van der Waals surface area contributed by atoms with E-state index in [0.717, 1.165) is 11.3 Å². The second kappa shape index (κ2) is 9.61. The molecule has 0 saturated heterocycles. The highest BCUT2D eigenvalue weighted by atomic mass is 16.2. The van der Waals surface area contributed by atoms with Gasteiger partial charge < -0.3 is 5.43 Å². The Morgan fingerprint density at radius 1 is 0.957 bits per heavy atom. The molecule has 0 fully saturated rings. The molecule has 124 valence electrons. The molecule has 0 aliphatic rings. The maximum absolute atomic E-state index is 11.5. The molecule has 0 spiro atoms. The Labute approximate surface area is 138 Å². The Hall–Kier alpha value is -2.37. The molecule has 0 unspecified atom stereocenters. The van der Waals surface area contributed by atoms with Gasteiger partial charge in [-0.15, -0.1) is 0 Å². The zero-order valence-electron chi connectivity index (χ0n) is 14.0. The number of para-hydroxylation sites is 1. The fraction of sp³-hybridized carbons (Fsp3) is 0.278. The molecule has 0 aliphatic carbocycles. The van der Waals surface area contributed by atoms with E-state index in [1.807, 2.05) is 81.4 Å². The predicted molar refractivity (Wildman–Crippen MR) is 95.1 cm³/mol. The Kier molecular flexibility index (Phi) is 7.80. The molecule has 0 atom stereocenters. The number of hydrogen-bond donors (Lipinski definition) is 4. The predicted octanol–water partition coefficient (Wildman–Crippen LogP) is 2.83. The number of carbonyl (C=O) groups is 1. The molecule has 0 bridgehead atoms. The summed E-state index contributed by atoms with van der Waals surface area (Å²) in [5.41, 5.74) is 9.84. The molecule has 2 aromatic carbocycles. The lowest BCUT2D eigenvalue weighted by Crippen LogP contribution is -2.43. The molecule has 0 heterocycles. The summed E-state index contributed by atoms with van der Waals surface area (Å²) >= 11 is 0. The van der Waals surface area contributed by atoms with Crippen molar-refractivity contribution in [3.05, 3.63) is 66.2 Å². The molecule has 2 aromatic rings. The van der Waals surface area contributed by atoms with Crippen molar-refractivity contribution in [2.75, 3.05) is 5.43 Å². The van der Waals surface area contributed by atoms with E-state index in [1.54, 1.807) is 0 Å². The van der Waals surface area contributed by atoms with Crippen molar-refractivity contribution in [3.8, 4) is 0 Å². The minimum atomic E-state index is -0.357. The molecule has 5 nitrogen and oxygen atoms in total. The maximum atomic E-state index is 11.5. The molecule has 0 radical (unpaired) electrons. The summed E-state index contributed by atoms with van der Waals surface area (Å²) in [7, 11) is 0. The lowest BCUT2D eigenvalue weighted by atomic mass is 9.96. The van der Waals surface area contributed by atoms with Gasteiger partial charge in [0.25, 0.3) is 0 Å². The molecule has 0 saturated carbocycles. The van der Waals surface area contributed by atoms with Crippen molar-refractivity contribution >= 4 is 11.6 Å². The van der Waals surface area contributed by atoms with Gasteiger partial charge in [-0.3, -0.25) is 16.1 Å². The van der Waals surface area contributed by atoms with Crippen molar-refractivity contribution in [1.82, 2.24) is 10.9 Å². The first-order chi connectivity index (χ1) is 10.9. The summed E-state index contributed by atoms with van der Waals surface area (Å²) in [5.74, 6) is 5.10. The Morgan fingerprint density at radius 3 is 1.91 bits per heavy atom. The summed E-state index contributed by atoms with van der Waals surface area (Å²) in [4.78, 5) is 11.5. The highest BCUT2D eigenvalue weighted by Gasteiger charge is 2.20. The minimum Gasteiger partial charge on any atom is -0.324 e. The second-order valence-corrected chi connectivity index (χ2v) is 6.05. The average molecular weight is 314 g/mol. The zero-order valence-corrected chi connectivity index (χ0v) is 14.0. The van der Waals surface area contributed by atoms with Crippen LogP contribution in [0, 0.1) is 5.41 Å². The van der Waals surface area contributed by atoms with E-state index >= 15 is 0 Å². The summed E-state index contributed by atoms with van der Waals surface area (Å²) in [5, 5.41) is 0. The molecular formula is C18H26N4O. The fourth-order valence-corrected chi connectivity index (χ4v) is 1.54. The maximum Gasteiger partial charge on any atom is 0.239 e. The van der Waals surface area contributed by atoms with Crippen LogP contribution in [0.25, 0.3) is 0 Å². The van der Waals surface area contributed by atoms with Crippen LogP contribution >= 0.6 is 0 Å². The third kappa shape index (κ3) is 7.99. The van der Waals surface area contributed by atoms with Crippen LogP contribution in [0.4, 0.5) is 5.69 Å². The normalized spacial score (nSPS) is 10.3. The van der Waals surface area contributed by atoms with Crippen molar-refractivity contribution in [3.63, 3.8) is 0 Å². The van der Waals surface area contributed by atoms with Gasteiger partial charge in [-0.05, 0) is 17.7 Å². The van der Waals surface area contributed by atoms with Crippen molar-refractivity contribution in [1.29, 1.82) is 0 Å². The summed E-state index contributed by atoms with van der Waals surface area (Å²) in [6.45, 7) is 6.29. The van der Waals surface area contributed by atoms with Gasteiger partial charge in [0.15, 0.2) is 0 Å². The molecule has 0 aromatic heterocycles. The van der Waals surface area contributed by atoms with E-state index in [9.17, 15) is 4.79 Å². The van der Waals surface area contributed by atoms with Crippen LogP contribution < -0.4 is 22.1 Å². The number of amides is 1. The number of nitrogen functional groups attached to an aromatic ring is 1. The van der Waals surface area contributed by atoms with E-state index in [2.05, 4.69) is 16.3 Å². The van der Waals surface area contributed by atoms with E-state index in [-0.39, 0.29) is 11.3 Å². The molecule has 1 amide bonds. The van der Waals surface area contributed by atoms with Crippen LogP contribution in [0.2, 0.25) is 0 Å². The Morgan fingerprint density at radius 2 is 1.48 bits per heavy atom. The van der Waals surface area contributed by atoms with Crippen LogP contribution in [-0.4, -0.2) is 5.91 Å². The molecule has 5 heteroatoms. The van der Waals surface area contributed by atoms with Crippen LogP contribution in [-0.2, 0) is 11.3 Å². The zero-order chi connectivity index (χ0) is 17.1. The van der Waals surface area contributed by atoms with Gasteiger partial charge in [-0.2, -0.15) is 0 Å². The van der Waals surface area contributed by atoms with Gasteiger partial charge in [0, 0.05) is 17.6 Å². The SMILES string of the molecule is CC(C)(C)C(=O)NNCc1ccccc1.NNc1ccccc1. The van der Waals surface area contributed by atoms with Gasteiger partial charge in [0.1, 0.15) is 0 Å². The van der Waals surface area contributed by atoms with Gasteiger partial charge in [0.2, 0.25) is 5.91 Å². The molecule has 23 heavy (non-hydrogen) atoms. The number of benzene rings is 2. The fourth-order valence-electron chi connectivity index (χ4n) is 1.54. The first-order valence-electron chi connectivity index (χ1n) is 7.52. The standard InChI is InChI=1S/C12H18N2O.C6H8N2/c1-12(2,3)11(15)14-13-9-10-7-5-4-6-8-10;7-8-6-4-2-1-3-5-6/h4-8,13H,9H2,1-3H3,(H,14,15);1-5,8H,7H2. The van der Waals surface area contributed by atoms with Gasteiger partial charge in [-0.1, -0.05) is 69.3 Å². The third-order valence-electron chi connectivity index (χ3n) is 2.96. The first kappa shape index (κ1) is 18.7. The number of rotatable bonds is 4. The van der Waals surface area contributed by atoms with Crippen molar-refractivity contribution < 1.29 is 4.79 Å². The average Bonchev–Trinajstić information content (AvgIpc) is 2.56. The molecule has 5 N–H and O–H groups in total. The summed E-state index contributed by atoms with van der Waals surface area (Å²) < 4.78 is 0. The van der Waals surface area contributed by atoms with E-state index in [1.165, 1.54) is 0 Å². The lowest BCUT2D eigenvalue weighted by Gasteiger charge is -2.17. The highest BCUT2D eigenvalue weighted by Crippen LogP contribution is 2.11. The number of carbonyl (C=O) groups excluding carboxylic acids is 1. The third-order valence-corrected chi connectivity index (χ3v) is 2.96. The summed E-state index contributed by atoms with van der Waals surface area (Å²) in [6.07, 6.45) is 0. The smallest absolute Gasteiger partial charge is 0.239 e. The minimum absolute atomic E-state index is 0.00145. The van der Waals surface area contributed by atoms with E-state index in [0.29, 0.717) is 6.54 Å². The highest BCUT2D eigenvalue weighted by molar-refractivity contribution is 5.80. The molecular weight excluding hydrogens is 288 g/mol. The van der Waals surface area contributed by atoms with Crippen LogP contribution in [0.15, 0.2) is 60.7 Å².